The second kappa shape index (κ2) is 7.60. The van der Waals surface area contributed by atoms with Crippen LogP contribution in [-0.2, 0) is 16.6 Å². The Hall–Kier alpha value is -2.48. The van der Waals surface area contributed by atoms with Crippen molar-refractivity contribution >= 4 is 33.4 Å². The molecule has 0 aromatic carbocycles. The number of ether oxygens (including phenoxy) is 1. The van der Waals surface area contributed by atoms with Gasteiger partial charge in [-0.1, -0.05) is 12.2 Å². The number of amides is 1. The Balaban J connectivity index is 2.16. The van der Waals surface area contributed by atoms with Gasteiger partial charge in [-0.15, -0.1) is 11.3 Å². The van der Waals surface area contributed by atoms with E-state index >= 15 is 0 Å². The molecule has 0 aliphatic rings. The largest absolute Gasteiger partial charge is 0.451 e. The highest BCUT2D eigenvalue weighted by atomic mass is 32.1. The molecule has 2 aromatic rings. The molecule has 8 heteroatoms. The molecule has 25 heavy (non-hydrogen) atoms. The van der Waals surface area contributed by atoms with E-state index in [1.54, 1.807) is 18.9 Å². The highest BCUT2D eigenvalue weighted by molar-refractivity contribution is 7.20. The summed E-state index contributed by atoms with van der Waals surface area (Å²) in [5.41, 5.74) is 1.16. The zero-order chi connectivity index (χ0) is 18.7. The Labute approximate surface area is 149 Å². The number of hydrogen-bond acceptors (Lipinski definition) is 6. The van der Waals surface area contributed by atoms with Crippen LogP contribution in [0.25, 0.3) is 10.2 Å². The van der Waals surface area contributed by atoms with Crippen molar-refractivity contribution in [1.29, 1.82) is 0 Å². The number of nitrogens with zero attached hydrogens (tertiary/aromatic N) is 3. The molecule has 1 amide bonds. The van der Waals surface area contributed by atoms with E-state index < -0.39 is 5.97 Å². The molecule has 0 spiro atoms. The lowest BCUT2D eigenvalue weighted by molar-refractivity contribution is -0.133. The van der Waals surface area contributed by atoms with E-state index in [2.05, 4.69) is 11.6 Å². The molecule has 0 aliphatic heterocycles. The van der Waals surface area contributed by atoms with Crippen molar-refractivity contribution in [3.8, 4) is 0 Å². The normalized spacial score (nSPS) is 10.7. The number of aromatic nitrogens is 2. The molecule has 0 unspecified atom stereocenters. The summed E-state index contributed by atoms with van der Waals surface area (Å²) in [6.07, 6.45) is 1.41. The molecule has 0 bridgehead atoms. The van der Waals surface area contributed by atoms with Gasteiger partial charge in [0.15, 0.2) is 6.61 Å². The van der Waals surface area contributed by atoms with Crippen molar-refractivity contribution in [2.45, 2.75) is 20.8 Å². The number of rotatable bonds is 6. The Bertz CT molecular complexity index is 897. The highest BCUT2D eigenvalue weighted by Crippen LogP contribution is 2.27. The van der Waals surface area contributed by atoms with Crippen LogP contribution in [0.4, 0.5) is 0 Å². The van der Waals surface area contributed by atoms with Crippen LogP contribution in [0.15, 0.2) is 23.3 Å². The lowest BCUT2D eigenvalue weighted by Gasteiger charge is -2.20. The minimum absolute atomic E-state index is 0.215. The van der Waals surface area contributed by atoms with E-state index in [4.69, 9.17) is 4.74 Å². The third kappa shape index (κ3) is 3.96. The predicted octanol–water partition coefficient (Wildman–Crippen LogP) is 1.88. The van der Waals surface area contributed by atoms with Crippen LogP contribution in [0.2, 0.25) is 0 Å². The van der Waals surface area contributed by atoms with Crippen LogP contribution in [0.1, 0.15) is 29.1 Å². The minimum Gasteiger partial charge on any atom is -0.451 e. The zero-order valence-corrected chi connectivity index (χ0v) is 15.6. The topological polar surface area (TPSA) is 81.5 Å². The fourth-order valence-corrected chi connectivity index (χ4v) is 3.42. The molecular weight excluding hydrogens is 342 g/mol. The third-order valence-corrected chi connectivity index (χ3v) is 4.90. The molecule has 0 N–H and O–H groups in total. The smallest absolute Gasteiger partial charge is 0.349 e. The maximum absolute atomic E-state index is 12.3. The summed E-state index contributed by atoms with van der Waals surface area (Å²) in [5, 5.41) is 0.408. The van der Waals surface area contributed by atoms with E-state index in [0.29, 0.717) is 33.7 Å². The number of aryl methyl sites for hydroxylation is 2. The van der Waals surface area contributed by atoms with Crippen molar-refractivity contribution in [2.75, 3.05) is 19.7 Å². The van der Waals surface area contributed by atoms with Gasteiger partial charge in [-0.05, 0) is 26.3 Å². The van der Waals surface area contributed by atoms with Crippen LogP contribution in [-0.4, -0.2) is 46.0 Å². The predicted molar refractivity (Wildman–Crippen MR) is 96.9 cm³/mol. The Morgan fingerprint density at radius 1 is 1.44 bits per heavy atom. The average Bonchev–Trinajstić information content (AvgIpc) is 2.90. The first-order chi connectivity index (χ1) is 11.8. The zero-order valence-electron chi connectivity index (χ0n) is 14.8. The van der Waals surface area contributed by atoms with Gasteiger partial charge in [-0.2, -0.15) is 0 Å². The minimum atomic E-state index is -0.623. The maximum atomic E-state index is 12.3. The monoisotopic (exact) mass is 363 g/mol. The molecule has 134 valence electrons. The molecular formula is C17H21N3O4S. The fourth-order valence-electron chi connectivity index (χ4n) is 2.39. The van der Waals surface area contributed by atoms with Gasteiger partial charge < -0.3 is 14.2 Å². The Morgan fingerprint density at radius 2 is 2.12 bits per heavy atom. The number of thiophene rings is 1. The van der Waals surface area contributed by atoms with E-state index in [1.165, 1.54) is 10.9 Å². The Kier molecular flexibility index (Phi) is 5.73. The number of likely N-dealkylation sites (N-methyl/N-ethyl adjacent to an activating group) is 1. The van der Waals surface area contributed by atoms with Crippen molar-refractivity contribution in [3.05, 3.63) is 39.3 Å². The second-order valence-electron chi connectivity index (χ2n) is 5.84. The van der Waals surface area contributed by atoms with Crippen LogP contribution in [0.5, 0.6) is 0 Å². The molecule has 7 nitrogen and oxygen atoms in total. The van der Waals surface area contributed by atoms with Gasteiger partial charge in [0.2, 0.25) is 0 Å². The molecule has 0 saturated heterocycles. The molecule has 2 aromatic heterocycles. The number of hydrogen-bond donors (Lipinski definition) is 0. The molecule has 0 aliphatic carbocycles. The summed E-state index contributed by atoms with van der Waals surface area (Å²) in [5.74, 6) is -0.908. The molecule has 0 atom stereocenters. The quantitative estimate of drug-likeness (QED) is 0.578. The molecule has 0 saturated carbocycles. The van der Waals surface area contributed by atoms with Crippen LogP contribution in [0, 0.1) is 6.92 Å². The maximum Gasteiger partial charge on any atom is 0.349 e. The molecule has 0 fully saturated rings. The van der Waals surface area contributed by atoms with Gasteiger partial charge >= 0.3 is 5.97 Å². The summed E-state index contributed by atoms with van der Waals surface area (Å²) in [4.78, 5) is 43.2. The summed E-state index contributed by atoms with van der Waals surface area (Å²) in [7, 11) is 1.60. The summed E-state index contributed by atoms with van der Waals surface area (Å²) in [6.45, 7) is 9.72. The van der Waals surface area contributed by atoms with E-state index in [1.807, 2.05) is 13.8 Å². The standard InChI is InChI=1S/C17H21N3O4S/c1-6-20(7-10(2)3)12(21)8-24-17(23)14-11(4)13-15(25-14)18-9-19(5)16(13)22/h9H,2,6-8H2,1,3-5H3. The lowest BCUT2D eigenvalue weighted by atomic mass is 10.2. The number of fused-ring (bicyclic) bond motifs is 1. The van der Waals surface area contributed by atoms with Gasteiger partial charge in [-0.25, -0.2) is 9.78 Å². The van der Waals surface area contributed by atoms with E-state index in [0.717, 1.165) is 16.9 Å². The first-order valence-electron chi connectivity index (χ1n) is 7.80. The fraction of sp³-hybridized carbons (Fsp3) is 0.412. The van der Waals surface area contributed by atoms with Gasteiger partial charge in [0.25, 0.3) is 11.5 Å². The average molecular weight is 363 g/mol. The number of carbonyl (C=O) groups is 2. The number of carbonyl (C=O) groups excluding carboxylic acids is 2. The van der Waals surface area contributed by atoms with E-state index in [9.17, 15) is 14.4 Å². The van der Waals surface area contributed by atoms with Crippen LogP contribution in [0.3, 0.4) is 0 Å². The van der Waals surface area contributed by atoms with E-state index in [-0.39, 0.29) is 18.1 Å². The van der Waals surface area contributed by atoms with Gasteiger partial charge in [0.1, 0.15) is 9.71 Å². The summed E-state index contributed by atoms with van der Waals surface area (Å²) < 4.78 is 6.51. The third-order valence-electron chi connectivity index (χ3n) is 3.72. The van der Waals surface area contributed by atoms with Crippen LogP contribution >= 0.6 is 11.3 Å². The van der Waals surface area contributed by atoms with Crippen molar-refractivity contribution < 1.29 is 14.3 Å². The summed E-state index contributed by atoms with van der Waals surface area (Å²) >= 11 is 1.09. The SMILES string of the molecule is C=C(C)CN(CC)C(=O)COC(=O)c1sc2ncn(C)c(=O)c2c1C. The Morgan fingerprint density at radius 3 is 2.72 bits per heavy atom. The van der Waals surface area contributed by atoms with Crippen molar-refractivity contribution in [1.82, 2.24) is 14.5 Å². The first-order valence-corrected chi connectivity index (χ1v) is 8.61. The second-order valence-corrected chi connectivity index (χ2v) is 6.84. The van der Waals surface area contributed by atoms with Crippen molar-refractivity contribution in [2.24, 2.45) is 7.05 Å². The van der Waals surface area contributed by atoms with Crippen LogP contribution < -0.4 is 5.56 Å². The first kappa shape index (κ1) is 18.9. The van der Waals surface area contributed by atoms with Gasteiger partial charge in [0, 0.05) is 20.1 Å². The molecule has 2 heterocycles. The molecule has 2 rings (SSSR count). The van der Waals surface area contributed by atoms with Gasteiger partial charge in [0.05, 0.1) is 11.7 Å². The van der Waals surface area contributed by atoms with Gasteiger partial charge in [-0.3, -0.25) is 9.59 Å². The van der Waals surface area contributed by atoms with Crippen molar-refractivity contribution in [3.63, 3.8) is 0 Å². The number of esters is 1. The lowest BCUT2D eigenvalue weighted by Crippen LogP contribution is -2.35. The summed E-state index contributed by atoms with van der Waals surface area (Å²) in [6, 6.07) is 0. The highest BCUT2D eigenvalue weighted by Gasteiger charge is 2.22. The molecule has 0 radical (unpaired) electrons.